The van der Waals surface area contributed by atoms with E-state index >= 15 is 0 Å². The molecule has 1 N–H and O–H groups in total. The summed E-state index contributed by atoms with van der Waals surface area (Å²) in [6.45, 7) is 5.11. The Kier molecular flexibility index (Phi) is 6.27. The number of hydrogen-bond acceptors (Lipinski definition) is 5. The number of H-pyrrole nitrogens is 1. The molecule has 8 nitrogen and oxygen atoms in total. The van der Waals surface area contributed by atoms with Crippen molar-refractivity contribution in [2.24, 2.45) is 0 Å². The second-order valence-corrected chi connectivity index (χ2v) is 7.67. The number of aromatic nitrogens is 7. The topological polar surface area (TPSA) is 94.3 Å². The molecular weight excluding hydrogens is 414 g/mol. The van der Waals surface area contributed by atoms with Crippen molar-refractivity contribution >= 4 is 11.6 Å². The van der Waals surface area contributed by atoms with Crippen LogP contribution in [-0.4, -0.2) is 34.7 Å². The molecule has 4 rings (SSSR count). The highest BCUT2D eigenvalue weighted by molar-refractivity contribution is 6.30. The number of benzene rings is 1. The van der Waals surface area contributed by atoms with Crippen molar-refractivity contribution in [2.45, 2.75) is 46.2 Å². The number of aromatic amines is 1. The van der Waals surface area contributed by atoms with Gasteiger partial charge in [-0.3, -0.25) is 14.1 Å². The van der Waals surface area contributed by atoms with Gasteiger partial charge in [-0.2, -0.15) is 5.21 Å². The summed E-state index contributed by atoms with van der Waals surface area (Å²) >= 11 is 6.52. The SMILES string of the molecule is CCCCc1c(Cl)n(CC)c(=O)n1Cc1ccc(-c2cnccc2-c2nn[nH]n2)cc1. The number of imidazole rings is 1. The number of nitrogens with zero attached hydrogens (tertiary/aromatic N) is 6. The first-order valence-electron chi connectivity index (χ1n) is 10.4. The van der Waals surface area contributed by atoms with Gasteiger partial charge < -0.3 is 0 Å². The predicted octanol–water partition coefficient (Wildman–Crippen LogP) is 3.96. The van der Waals surface area contributed by atoms with E-state index in [1.54, 1.807) is 21.5 Å². The molecule has 0 fully saturated rings. The second-order valence-electron chi connectivity index (χ2n) is 7.31. The molecule has 0 saturated heterocycles. The van der Waals surface area contributed by atoms with Gasteiger partial charge in [0.05, 0.1) is 12.2 Å². The zero-order valence-corrected chi connectivity index (χ0v) is 18.3. The van der Waals surface area contributed by atoms with Crippen molar-refractivity contribution < 1.29 is 0 Å². The van der Waals surface area contributed by atoms with Crippen molar-refractivity contribution in [1.29, 1.82) is 0 Å². The third kappa shape index (κ3) is 4.16. The molecule has 0 unspecified atom stereocenters. The smallest absolute Gasteiger partial charge is 0.290 e. The predicted molar refractivity (Wildman–Crippen MR) is 120 cm³/mol. The Morgan fingerprint density at radius 1 is 1.06 bits per heavy atom. The number of halogens is 1. The van der Waals surface area contributed by atoms with Crippen molar-refractivity contribution in [3.05, 3.63) is 69.6 Å². The minimum atomic E-state index is -0.0608. The van der Waals surface area contributed by atoms with Gasteiger partial charge in [0.2, 0.25) is 5.82 Å². The minimum absolute atomic E-state index is 0.0608. The van der Waals surface area contributed by atoms with Crippen molar-refractivity contribution in [3.8, 4) is 22.5 Å². The van der Waals surface area contributed by atoms with Gasteiger partial charge in [-0.15, -0.1) is 10.2 Å². The lowest BCUT2D eigenvalue weighted by molar-refractivity contribution is 0.647. The van der Waals surface area contributed by atoms with Crippen LogP contribution in [0.4, 0.5) is 0 Å². The molecule has 160 valence electrons. The molecule has 1 aromatic carbocycles. The van der Waals surface area contributed by atoms with Crippen LogP contribution in [-0.2, 0) is 19.5 Å². The first kappa shape index (κ1) is 21.0. The molecule has 0 atom stereocenters. The molecule has 0 amide bonds. The lowest BCUT2D eigenvalue weighted by Gasteiger charge is -2.10. The maximum absolute atomic E-state index is 12.9. The molecule has 0 spiro atoms. The summed E-state index contributed by atoms with van der Waals surface area (Å²) in [6, 6.07) is 9.95. The summed E-state index contributed by atoms with van der Waals surface area (Å²) in [5.41, 5.74) is 4.62. The van der Waals surface area contributed by atoms with Gasteiger partial charge >= 0.3 is 5.69 Å². The lowest BCUT2D eigenvalue weighted by atomic mass is 10.0. The highest BCUT2D eigenvalue weighted by Crippen LogP contribution is 2.29. The molecular formula is C22H24ClN7O. The van der Waals surface area contributed by atoms with Crippen LogP contribution in [0.25, 0.3) is 22.5 Å². The molecule has 0 radical (unpaired) electrons. The molecule has 9 heteroatoms. The van der Waals surface area contributed by atoms with E-state index < -0.39 is 0 Å². The minimum Gasteiger partial charge on any atom is -0.290 e. The number of tetrazole rings is 1. The van der Waals surface area contributed by atoms with E-state index in [0.717, 1.165) is 47.2 Å². The fraction of sp³-hybridized carbons (Fsp3) is 0.318. The molecule has 31 heavy (non-hydrogen) atoms. The molecule has 3 heterocycles. The molecule has 0 aliphatic heterocycles. The molecule has 4 aromatic rings. The summed E-state index contributed by atoms with van der Waals surface area (Å²) in [5, 5.41) is 14.8. The first-order valence-corrected chi connectivity index (χ1v) is 10.8. The van der Waals surface area contributed by atoms with Crippen LogP contribution in [0.2, 0.25) is 5.15 Å². The Hall–Kier alpha value is -3.26. The van der Waals surface area contributed by atoms with Crippen molar-refractivity contribution in [2.75, 3.05) is 0 Å². The van der Waals surface area contributed by atoms with Gasteiger partial charge in [0, 0.05) is 30.1 Å². The Morgan fingerprint density at radius 3 is 2.55 bits per heavy atom. The van der Waals surface area contributed by atoms with Gasteiger partial charge in [0.25, 0.3) is 0 Å². The summed E-state index contributed by atoms with van der Waals surface area (Å²) in [7, 11) is 0. The average Bonchev–Trinajstić information content (AvgIpc) is 3.41. The van der Waals surface area contributed by atoms with E-state index in [1.807, 2.05) is 37.3 Å². The van der Waals surface area contributed by atoms with Gasteiger partial charge in [0.15, 0.2) is 0 Å². The standard InChI is InChI=1S/C22H24ClN7O/c1-3-5-6-19-20(23)29(4-2)22(31)30(19)14-15-7-9-16(10-8-15)18-13-24-12-11-17(18)21-25-27-28-26-21/h7-13H,3-6,14H2,1-2H3,(H,25,26,27,28). The van der Waals surface area contributed by atoms with E-state index in [-0.39, 0.29) is 5.69 Å². The monoisotopic (exact) mass is 437 g/mol. The Balaban J connectivity index is 1.65. The number of rotatable bonds is 8. The highest BCUT2D eigenvalue weighted by Gasteiger charge is 2.17. The summed E-state index contributed by atoms with van der Waals surface area (Å²) in [6.07, 6.45) is 6.32. The normalized spacial score (nSPS) is 11.2. The maximum Gasteiger partial charge on any atom is 0.329 e. The van der Waals surface area contributed by atoms with Crippen molar-refractivity contribution in [3.63, 3.8) is 0 Å². The quantitative estimate of drug-likeness (QED) is 0.450. The largest absolute Gasteiger partial charge is 0.329 e. The highest BCUT2D eigenvalue weighted by atomic mass is 35.5. The Bertz CT molecular complexity index is 1210. The van der Waals surface area contributed by atoms with Crippen LogP contribution >= 0.6 is 11.6 Å². The van der Waals surface area contributed by atoms with Gasteiger partial charge in [-0.05, 0) is 42.2 Å². The van der Waals surface area contributed by atoms with Crippen LogP contribution < -0.4 is 5.69 Å². The van der Waals surface area contributed by atoms with Crippen LogP contribution in [0.3, 0.4) is 0 Å². The zero-order valence-electron chi connectivity index (χ0n) is 17.5. The van der Waals surface area contributed by atoms with Crippen molar-refractivity contribution in [1.82, 2.24) is 34.7 Å². The average molecular weight is 438 g/mol. The maximum atomic E-state index is 12.9. The van der Waals surface area contributed by atoms with Crippen LogP contribution in [0.1, 0.15) is 37.9 Å². The van der Waals surface area contributed by atoms with Crippen LogP contribution in [0.5, 0.6) is 0 Å². The van der Waals surface area contributed by atoms with E-state index in [0.29, 0.717) is 24.1 Å². The zero-order chi connectivity index (χ0) is 21.8. The molecule has 3 aromatic heterocycles. The van der Waals surface area contributed by atoms with E-state index in [4.69, 9.17) is 11.6 Å². The second kappa shape index (κ2) is 9.26. The molecule has 0 saturated carbocycles. The molecule has 0 bridgehead atoms. The molecule has 0 aliphatic rings. The number of pyridine rings is 1. The number of nitrogens with one attached hydrogen (secondary N) is 1. The van der Waals surface area contributed by atoms with E-state index in [2.05, 4.69) is 32.5 Å². The number of hydrogen-bond donors (Lipinski definition) is 1. The first-order chi connectivity index (χ1) is 15.1. The van der Waals surface area contributed by atoms with E-state index in [1.165, 1.54) is 0 Å². The fourth-order valence-corrected chi connectivity index (χ4v) is 4.09. The van der Waals surface area contributed by atoms with E-state index in [9.17, 15) is 4.79 Å². The lowest BCUT2D eigenvalue weighted by Crippen LogP contribution is -2.25. The summed E-state index contributed by atoms with van der Waals surface area (Å²) < 4.78 is 3.43. The summed E-state index contributed by atoms with van der Waals surface area (Å²) in [5.74, 6) is 0.518. The Labute approximate surface area is 184 Å². The van der Waals surface area contributed by atoms with Crippen LogP contribution in [0, 0.1) is 0 Å². The van der Waals surface area contributed by atoms with Gasteiger partial charge in [-0.1, -0.05) is 49.2 Å². The fourth-order valence-electron chi connectivity index (χ4n) is 3.70. The number of unbranched alkanes of at least 4 members (excludes halogenated alkanes) is 1. The van der Waals surface area contributed by atoms with Crippen LogP contribution in [0.15, 0.2) is 47.5 Å². The van der Waals surface area contributed by atoms with Gasteiger partial charge in [0.1, 0.15) is 5.15 Å². The van der Waals surface area contributed by atoms with Gasteiger partial charge in [-0.25, -0.2) is 4.79 Å². The molecule has 0 aliphatic carbocycles. The third-order valence-electron chi connectivity index (χ3n) is 5.36. The third-order valence-corrected chi connectivity index (χ3v) is 5.78. The summed E-state index contributed by atoms with van der Waals surface area (Å²) in [4.78, 5) is 17.1. The Morgan fingerprint density at radius 2 is 1.87 bits per heavy atom.